The number of carbonyl (C=O) groups is 1. The molecule has 128 valence electrons. The molecule has 2 aliphatic rings. The second-order valence-corrected chi connectivity index (χ2v) is 8.70. The quantitative estimate of drug-likeness (QED) is 0.499. The van der Waals surface area contributed by atoms with Crippen molar-refractivity contribution < 1.29 is 14.3 Å². The summed E-state index contributed by atoms with van der Waals surface area (Å²) in [5.41, 5.74) is -0.473. The van der Waals surface area contributed by atoms with Crippen molar-refractivity contribution in [1.82, 2.24) is 4.90 Å². The van der Waals surface area contributed by atoms with Crippen LogP contribution in [0.1, 0.15) is 59.8 Å². The smallest absolute Gasteiger partial charge is 0.410 e. The van der Waals surface area contributed by atoms with Gasteiger partial charge in [-0.3, -0.25) is 0 Å². The van der Waals surface area contributed by atoms with Gasteiger partial charge in [0.15, 0.2) is 0 Å². The van der Waals surface area contributed by atoms with Crippen LogP contribution in [-0.4, -0.2) is 45.8 Å². The first-order chi connectivity index (χ1) is 10.2. The van der Waals surface area contributed by atoms with E-state index in [4.69, 9.17) is 9.47 Å². The standard InChI is InChI=1S/C17H30INO3/c1-13-5-6-14(11-13)21-17(12-18)7-9-19(10-8-17)15(20)22-16(2,3)4/h13-14H,5-12H2,1-4H3. The van der Waals surface area contributed by atoms with E-state index in [0.29, 0.717) is 6.10 Å². The molecule has 2 unspecified atom stereocenters. The second-order valence-electron chi connectivity index (χ2n) is 7.94. The Balaban J connectivity index is 1.86. The third kappa shape index (κ3) is 4.98. The maximum absolute atomic E-state index is 12.2. The van der Waals surface area contributed by atoms with Gasteiger partial charge in [0.05, 0.1) is 11.7 Å². The Kier molecular flexibility index (Phi) is 6.02. The molecule has 4 nitrogen and oxygen atoms in total. The number of carbonyl (C=O) groups excluding carboxylic acids is 1. The van der Waals surface area contributed by atoms with E-state index in [1.807, 2.05) is 25.7 Å². The number of amides is 1. The van der Waals surface area contributed by atoms with Crippen molar-refractivity contribution in [1.29, 1.82) is 0 Å². The molecule has 5 heteroatoms. The maximum Gasteiger partial charge on any atom is 0.410 e. The molecule has 1 amide bonds. The molecule has 2 atom stereocenters. The van der Waals surface area contributed by atoms with E-state index >= 15 is 0 Å². The first kappa shape index (κ1) is 18.3. The number of nitrogens with zero attached hydrogens (tertiary/aromatic N) is 1. The predicted octanol–water partition coefficient (Wildman–Crippen LogP) is 4.40. The normalized spacial score (nSPS) is 28.7. The molecule has 0 radical (unpaired) electrons. The Bertz CT molecular complexity index is 386. The van der Waals surface area contributed by atoms with E-state index in [1.165, 1.54) is 19.3 Å². The van der Waals surface area contributed by atoms with Gasteiger partial charge in [-0.1, -0.05) is 29.5 Å². The van der Waals surface area contributed by atoms with E-state index in [1.54, 1.807) is 0 Å². The molecule has 0 bridgehead atoms. The van der Waals surface area contributed by atoms with Crippen molar-refractivity contribution in [3.63, 3.8) is 0 Å². The number of hydrogen-bond donors (Lipinski definition) is 0. The zero-order valence-corrected chi connectivity index (χ0v) is 16.5. The highest BCUT2D eigenvalue weighted by Gasteiger charge is 2.40. The summed E-state index contributed by atoms with van der Waals surface area (Å²) in [7, 11) is 0. The molecule has 1 heterocycles. The average Bonchev–Trinajstić information content (AvgIpc) is 2.82. The molecule has 1 saturated heterocycles. The monoisotopic (exact) mass is 423 g/mol. The molecule has 2 rings (SSSR count). The molecule has 0 aromatic rings. The van der Waals surface area contributed by atoms with Crippen LogP contribution in [0.3, 0.4) is 0 Å². The van der Waals surface area contributed by atoms with Crippen LogP contribution in [0.5, 0.6) is 0 Å². The fourth-order valence-electron chi connectivity index (χ4n) is 3.32. The SMILES string of the molecule is CC1CCC(OC2(CI)CCN(C(=O)OC(C)(C)C)CC2)C1. The topological polar surface area (TPSA) is 38.8 Å². The minimum Gasteiger partial charge on any atom is -0.444 e. The van der Waals surface area contributed by atoms with E-state index in [0.717, 1.165) is 36.3 Å². The van der Waals surface area contributed by atoms with Gasteiger partial charge in [-0.2, -0.15) is 0 Å². The molecular formula is C17H30INO3. The van der Waals surface area contributed by atoms with Crippen LogP contribution in [0.15, 0.2) is 0 Å². The molecule has 0 aromatic heterocycles. The zero-order valence-electron chi connectivity index (χ0n) is 14.4. The van der Waals surface area contributed by atoms with Gasteiger partial charge in [-0.05, 0) is 58.8 Å². The van der Waals surface area contributed by atoms with Crippen LogP contribution < -0.4 is 0 Å². The lowest BCUT2D eigenvalue weighted by atomic mass is 9.93. The molecule has 22 heavy (non-hydrogen) atoms. The number of halogens is 1. The molecule has 1 aliphatic carbocycles. The molecule has 0 spiro atoms. The molecule has 0 N–H and O–H groups in total. The van der Waals surface area contributed by atoms with Crippen molar-refractivity contribution in [2.75, 3.05) is 17.5 Å². The summed E-state index contributed by atoms with van der Waals surface area (Å²) in [4.78, 5) is 14.0. The Morgan fingerprint density at radius 1 is 1.27 bits per heavy atom. The second kappa shape index (κ2) is 7.24. The number of piperidine rings is 1. The Labute approximate surface area is 148 Å². The third-order valence-electron chi connectivity index (χ3n) is 4.63. The van der Waals surface area contributed by atoms with Crippen molar-refractivity contribution in [3.8, 4) is 0 Å². The molecule has 2 fully saturated rings. The minimum atomic E-state index is -0.425. The highest BCUT2D eigenvalue weighted by Crippen LogP contribution is 2.36. The molecule has 0 aromatic carbocycles. The number of ether oxygens (including phenoxy) is 2. The van der Waals surface area contributed by atoms with Crippen LogP contribution in [0, 0.1) is 5.92 Å². The van der Waals surface area contributed by atoms with Crippen LogP contribution in [0.2, 0.25) is 0 Å². The summed E-state index contributed by atoms with van der Waals surface area (Å²) in [6.45, 7) is 9.52. The van der Waals surface area contributed by atoms with Gasteiger partial charge >= 0.3 is 6.09 Å². The van der Waals surface area contributed by atoms with Crippen LogP contribution in [-0.2, 0) is 9.47 Å². The summed E-state index contributed by atoms with van der Waals surface area (Å²) in [5, 5.41) is 0. The number of hydrogen-bond acceptors (Lipinski definition) is 3. The summed E-state index contributed by atoms with van der Waals surface area (Å²) < 4.78 is 13.0. The van der Waals surface area contributed by atoms with E-state index in [2.05, 4.69) is 29.5 Å². The third-order valence-corrected chi connectivity index (χ3v) is 6.02. The Hall–Kier alpha value is -0.0400. The van der Waals surface area contributed by atoms with Gasteiger partial charge in [0.2, 0.25) is 0 Å². The summed E-state index contributed by atoms with van der Waals surface area (Å²) in [6.07, 6.45) is 5.72. The van der Waals surface area contributed by atoms with Crippen molar-refractivity contribution in [3.05, 3.63) is 0 Å². The highest BCUT2D eigenvalue weighted by molar-refractivity contribution is 14.1. The van der Waals surface area contributed by atoms with Gasteiger partial charge in [0.1, 0.15) is 5.60 Å². The van der Waals surface area contributed by atoms with Crippen molar-refractivity contribution in [2.45, 2.75) is 77.1 Å². The van der Waals surface area contributed by atoms with Crippen molar-refractivity contribution in [2.24, 2.45) is 5.92 Å². The van der Waals surface area contributed by atoms with Crippen molar-refractivity contribution >= 4 is 28.7 Å². The van der Waals surface area contributed by atoms with Gasteiger partial charge in [0, 0.05) is 17.5 Å². The van der Waals surface area contributed by atoms with Gasteiger partial charge in [-0.15, -0.1) is 0 Å². The fraction of sp³-hybridized carbons (Fsp3) is 0.941. The Morgan fingerprint density at radius 3 is 2.36 bits per heavy atom. The lowest BCUT2D eigenvalue weighted by molar-refractivity contribution is -0.105. The van der Waals surface area contributed by atoms with Crippen LogP contribution >= 0.6 is 22.6 Å². The van der Waals surface area contributed by atoms with Gasteiger partial charge < -0.3 is 14.4 Å². The average molecular weight is 423 g/mol. The fourth-order valence-corrected chi connectivity index (χ4v) is 4.26. The van der Waals surface area contributed by atoms with E-state index in [-0.39, 0.29) is 11.7 Å². The van der Waals surface area contributed by atoms with E-state index < -0.39 is 5.60 Å². The number of rotatable bonds is 3. The number of likely N-dealkylation sites (tertiary alicyclic amines) is 1. The van der Waals surface area contributed by atoms with E-state index in [9.17, 15) is 4.79 Å². The summed E-state index contributed by atoms with van der Waals surface area (Å²) in [6, 6.07) is 0. The van der Waals surface area contributed by atoms with Crippen LogP contribution in [0.25, 0.3) is 0 Å². The van der Waals surface area contributed by atoms with Crippen LogP contribution in [0.4, 0.5) is 4.79 Å². The first-order valence-corrected chi connectivity index (χ1v) is 9.97. The summed E-state index contributed by atoms with van der Waals surface area (Å²) in [5.74, 6) is 0.790. The molecule has 1 saturated carbocycles. The Morgan fingerprint density at radius 2 is 1.91 bits per heavy atom. The number of alkyl halides is 1. The largest absolute Gasteiger partial charge is 0.444 e. The first-order valence-electron chi connectivity index (χ1n) is 8.45. The molecular weight excluding hydrogens is 393 g/mol. The minimum absolute atomic E-state index is 0.0478. The lowest BCUT2D eigenvalue weighted by Gasteiger charge is -2.42. The maximum atomic E-state index is 12.2. The van der Waals surface area contributed by atoms with Gasteiger partial charge in [0.25, 0.3) is 0 Å². The zero-order chi connectivity index (χ0) is 16.4. The molecule has 1 aliphatic heterocycles. The summed E-state index contributed by atoms with van der Waals surface area (Å²) >= 11 is 2.44. The highest BCUT2D eigenvalue weighted by atomic mass is 127. The lowest BCUT2D eigenvalue weighted by Crippen LogP contribution is -2.51. The van der Waals surface area contributed by atoms with Gasteiger partial charge in [-0.25, -0.2) is 4.79 Å². The predicted molar refractivity (Wildman–Crippen MR) is 96.5 cm³/mol.